The number of phenolic OH excluding ortho intramolecular Hbond substituents is 2. The van der Waals surface area contributed by atoms with E-state index in [4.69, 9.17) is 15.3 Å². The first-order valence-corrected chi connectivity index (χ1v) is 4.00. The molecule has 0 bridgehead atoms. The van der Waals surface area contributed by atoms with Gasteiger partial charge in [0.05, 0.1) is 6.42 Å². The first-order valence-electron chi connectivity index (χ1n) is 4.00. The van der Waals surface area contributed by atoms with Crippen molar-refractivity contribution in [2.45, 2.75) is 6.42 Å². The molecule has 14 heavy (non-hydrogen) atoms. The van der Waals surface area contributed by atoms with E-state index in [0.717, 1.165) is 0 Å². The molecule has 0 aliphatic rings. The van der Waals surface area contributed by atoms with E-state index in [0.29, 0.717) is 5.56 Å². The van der Waals surface area contributed by atoms with Gasteiger partial charge in [-0.1, -0.05) is 18.2 Å². The number of hydrogen-bond donors (Lipinski definition) is 3. The molecule has 0 aliphatic carbocycles. The van der Waals surface area contributed by atoms with Gasteiger partial charge in [-0.25, -0.2) is 0 Å². The number of carboxylic acids is 1. The van der Waals surface area contributed by atoms with Gasteiger partial charge in [-0.3, -0.25) is 4.79 Å². The van der Waals surface area contributed by atoms with Crippen molar-refractivity contribution in [2.75, 3.05) is 0 Å². The van der Waals surface area contributed by atoms with Crippen LogP contribution in [0.25, 0.3) is 6.08 Å². The van der Waals surface area contributed by atoms with Crippen LogP contribution in [0.5, 0.6) is 11.5 Å². The van der Waals surface area contributed by atoms with Crippen LogP contribution in [0.2, 0.25) is 0 Å². The summed E-state index contributed by atoms with van der Waals surface area (Å²) in [7, 11) is 0. The van der Waals surface area contributed by atoms with Crippen LogP contribution in [-0.2, 0) is 4.79 Å². The predicted molar refractivity (Wildman–Crippen MR) is 51.1 cm³/mol. The Morgan fingerprint density at radius 3 is 2.57 bits per heavy atom. The molecule has 0 aromatic heterocycles. The third-order valence-electron chi connectivity index (χ3n) is 1.60. The van der Waals surface area contributed by atoms with Crippen molar-refractivity contribution < 1.29 is 20.1 Å². The molecule has 1 aromatic rings. The minimum atomic E-state index is -0.913. The average Bonchev–Trinajstić information content (AvgIpc) is 2.10. The summed E-state index contributed by atoms with van der Waals surface area (Å²) in [5.41, 5.74) is 0.640. The summed E-state index contributed by atoms with van der Waals surface area (Å²) in [4.78, 5) is 10.2. The molecule has 1 rings (SSSR count). The van der Waals surface area contributed by atoms with E-state index in [-0.39, 0.29) is 17.9 Å². The van der Waals surface area contributed by atoms with Crippen LogP contribution in [0.1, 0.15) is 12.0 Å². The molecule has 1 aromatic carbocycles. The third kappa shape index (κ3) is 2.82. The maximum Gasteiger partial charge on any atom is 0.307 e. The number of carboxylic acid groups (broad SMARTS) is 1. The van der Waals surface area contributed by atoms with Gasteiger partial charge in [0.15, 0.2) is 11.5 Å². The van der Waals surface area contributed by atoms with Crippen LogP contribution in [0.4, 0.5) is 0 Å². The Morgan fingerprint density at radius 2 is 2.00 bits per heavy atom. The first-order chi connectivity index (χ1) is 6.59. The highest BCUT2D eigenvalue weighted by Crippen LogP contribution is 2.25. The molecule has 0 saturated heterocycles. The van der Waals surface area contributed by atoms with Crippen molar-refractivity contribution in [3.8, 4) is 11.5 Å². The van der Waals surface area contributed by atoms with Gasteiger partial charge in [0.25, 0.3) is 0 Å². The summed E-state index contributed by atoms with van der Waals surface area (Å²) in [5.74, 6) is -1.33. The predicted octanol–water partition coefficient (Wildman–Crippen LogP) is 1.59. The Bertz CT molecular complexity index is 368. The van der Waals surface area contributed by atoms with Crippen molar-refractivity contribution in [1.82, 2.24) is 0 Å². The second-order valence-electron chi connectivity index (χ2n) is 2.75. The highest BCUT2D eigenvalue weighted by Gasteiger charge is 1.97. The molecule has 3 N–H and O–H groups in total. The van der Waals surface area contributed by atoms with E-state index in [9.17, 15) is 4.79 Å². The van der Waals surface area contributed by atoms with Gasteiger partial charge in [-0.2, -0.15) is 0 Å². The van der Waals surface area contributed by atoms with Crippen LogP contribution in [0.15, 0.2) is 24.3 Å². The zero-order valence-corrected chi connectivity index (χ0v) is 7.34. The molecule has 4 nitrogen and oxygen atoms in total. The molecule has 0 fully saturated rings. The maximum atomic E-state index is 10.2. The minimum absolute atomic E-state index is 0.0678. The summed E-state index contributed by atoms with van der Waals surface area (Å²) in [5, 5.41) is 26.4. The summed E-state index contributed by atoms with van der Waals surface area (Å²) >= 11 is 0. The van der Waals surface area contributed by atoms with Crippen LogP contribution in [0, 0.1) is 0 Å². The van der Waals surface area contributed by atoms with E-state index in [1.165, 1.54) is 18.2 Å². The molecule has 0 unspecified atom stereocenters. The highest BCUT2D eigenvalue weighted by molar-refractivity contribution is 5.70. The highest BCUT2D eigenvalue weighted by atomic mass is 16.4. The Hall–Kier alpha value is -1.97. The van der Waals surface area contributed by atoms with Gasteiger partial charge in [0.2, 0.25) is 0 Å². The van der Waals surface area contributed by atoms with Gasteiger partial charge in [0, 0.05) is 0 Å². The summed E-state index contributed by atoms with van der Waals surface area (Å²) < 4.78 is 0. The average molecular weight is 194 g/mol. The fourth-order valence-electron chi connectivity index (χ4n) is 0.940. The van der Waals surface area contributed by atoms with E-state index >= 15 is 0 Å². The fraction of sp³-hybridized carbons (Fsp3) is 0.100. The normalized spacial score (nSPS) is 10.6. The molecular formula is C10H10O4. The molecule has 74 valence electrons. The van der Waals surface area contributed by atoms with Crippen LogP contribution in [0.3, 0.4) is 0 Å². The molecule has 0 spiro atoms. The van der Waals surface area contributed by atoms with Gasteiger partial charge >= 0.3 is 5.97 Å². The van der Waals surface area contributed by atoms with Crippen molar-refractivity contribution in [1.29, 1.82) is 0 Å². The molecule has 0 heterocycles. The molecule has 0 saturated carbocycles. The lowest BCUT2D eigenvalue weighted by atomic mass is 10.2. The number of hydrogen-bond acceptors (Lipinski definition) is 3. The molecule has 0 aliphatic heterocycles. The molecule has 0 radical (unpaired) electrons. The van der Waals surface area contributed by atoms with Crippen LogP contribution < -0.4 is 0 Å². The van der Waals surface area contributed by atoms with Gasteiger partial charge < -0.3 is 15.3 Å². The molecular weight excluding hydrogens is 184 g/mol. The number of carbonyl (C=O) groups is 1. The smallest absolute Gasteiger partial charge is 0.307 e. The number of rotatable bonds is 3. The Morgan fingerprint density at radius 1 is 1.29 bits per heavy atom. The summed E-state index contributed by atoms with van der Waals surface area (Å²) in [6.07, 6.45) is 2.96. The van der Waals surface area contributed by atoms with E-state index < -0.39 is 5.97 Å². The second-order valence-corrected chi connectivity index (χ2v) is 2.75. The topological polar surface area (TPSA) is 77.8 Å². The lowest BCUT2D eigenvalue weighted by molar-refractivity contribution is -0.135. The summed E-state index contributed by atoms with van der Waals surface area (Å²) in [6, 6.07) is 4.27. The quantitative estimate of drug-likeness (QED) is 0.638. The largest absolute Gasteiger partial charge is 0.504 e. The number of aliphatic carboxylic acids is 1. The van der Waals surface area contributed by atoms with Gasteiger partial charge in [0.1, 0.15) is 0 Å². The monoisotopic (exact) mass is 194 g/mol. The maximum absolute atomic E-state index is 10.2. The van der Waals surface area contributed by atoms with Crippen molar-refractivity contribution in [2.24, 2.45) is 0 Å². The lowest BCUT2D eigenvalue weighted by Gasteiger charge is -1.97. The number of phenols is 2. The van der Waals surface area contributed by atoms with E-state index in [2.05, 4.69) is 0 Å². The Labute approximate surface area is 80.7 Å². The van der Waals surface area contributed by atoms with E-state index in [1.807, 2.05) is 0 Å². The zero-order chi connectivity index (χ0) is 10.6. The van der Waals surface area contributed by atoms with Crippen LogP contribution in [-0.4, -0.2) is 21.3 Å². The zero-order valence-electron chi connectivity index (χ0n) is 7.34. The van der Waals surface area contributed by atoms with Gasteiger partial charge in [-0.15, -0.1) is 0 Å². The lowest BCUT2D eigenvalue weighted by Crippen LogP contribution is -1.89. The van der Waals surface area contributed by atoms with Crippen molar-refractivity contribution >= 4 is 12.0 Å². The third-order valence-corrected chi connectivity index (χ3v) is 1.60. The fourth-order valence-corrected chi connectivity index (χ4v) is 0.940. The first kappa shape index (κ1) is 10.1. The van der Waals surface area contributed by atoms with Gasteiger partial charge in [-0.05, 0) is 17.7 Å². The van der Waals surface area contributed by atoms with E-state index in [1.54, 1.807) is 12.1 Å². The Balaban J connectivity index is 2.73. The van der Waals surface area contributed by atoms with Crippen LogP contribution >= 0.6 is 0 Å². The number of benzene rings is 1. The number of aromatic hydroxyl groups is 2. The molecule has 0 amide bonds. The Kier molecular flexibility index (Phi) is 3.12. The molecule has 4 heteroatoms. The summed E-state index contributed by atoms with van der Waals surface area (Å²) in [6.45, 7) is 0. The minimum Gasteiger partial charge on any atom is -0.504 e. The SMILES string of the molecule is O=C(O)C/C=C/c1ccc(O)c(O)c1. The second kappa shape index (κ2) is 4.32. The van der Waals surface area contributed by atoms with Crippen molar-refractivity contribution in [3.63, 3.8) is 0 Å². The van der Waals surface area contributed by atoms with Crippen molar-refractivity contribution in [3.05, 3.63) is 29.8 Å². The standard InChI is InChI=1S/C10H10O4/c11-8-5-4-7(6-9(8)12)2-1-3-10(13)14/h1-2,4-6,11-12H,3H2,(H,13,14)/b2-1+. The molecule has 0 atom stereocenters.